The number of nitrogen functional groups attached to an aromatic ring is 1. The third kappa shape index (κ3) is 4.22. The molecule has 2 aliphatic rings. The number of halogens is 3. The number of ether oxygens (including phenoxy) is 1. The van der Waals surface area contributed by atoms with E-state index < -0.39 is 11.6 Å². The fraction of sp³-hybridized carbons (Fsp3) is 0.304. The first-order valence-corrected chi connectivity index (χ1v) is 12.8. The van der Waals surface area contributed by atoms with Crippen molar-refractivity contribution < 1.29 is 32.9 Å². The molecule has 0 radical (unpaired) electrons. The zero-order chi connectivity index (χ0) is 23.0. The second-order valence-corrected chi connectivity index (χ2v) is 10.5. The van der Waals surface area contributed by atoms with E-state index in [1.165, 1.54) is 12.1 Å². The normalized spacial score (nSPS) is 20.8. The maximum absolute atomic E-state index is 15.7. The first-order chi connectivity index (χ1) is 15.3. The van der Waals surface area contributed by atoms with Gasteiger partial charge in [0, 0.05) is 0 Å². The van der Waals surface area contributed by atoms with Crippen molar-refractivity contribution in [1.82, 2.24) is 4.90 Å². The Kier molecular flexibility index (Phi) is 6.97. The molecule has 1 fully saturated rings. The standard InChI is InChI=1S/C23H20ClF2N3OS.W/c1-2-30-14-4-3-7-29(12-14)11-13-8-17(24)21(19(26)9-13)15-5-6-18(25)22-20(15)16(10-27)23(28)31-22;/h5-6,8,11,14H,2-4,7,12,28H2,1H3;/t14-;/m1./s1. The molecule has 0 amide bonds. The molecular formula is C23H20ClF2N3OSW. The average Bonchev–Trinajstić information content (AvgIpc) is 3.11. The number of nitriles is 1. The van der Waals surface area contributed by atoms with Crippen LogP contribution in [0.5, 0.6) is 0 Å². The molecule has 166 valence electrons. The third-order valence-corrected chi connectivity index (χ3v) is 8.35. The van der Waals surface area contributed by atoms with Gasteiger partial charge in [0.25, 0.3) is 0 Å². The molecule has 0 saturated carbocycles. The van der Waals surface area contributed by atoms with Gasteiger partial charge in [-0.3, -0.25) is 0 Å². The van der Waals surface area contributed by atoms with Gasteiger partial charge in [-0.25, -0.2) is 0 Å². The van der Waals surface area contributed by atoms with E-state index in [9.17, 15) is 9.65 Å². The average molecular weight is 644 g/mol. The summed E-state index contributed by atoms with van der Waals surface area (Å²) in [5, 5.41) is 10.3. The molecular weight excluding hydrogens is 624 g/mol. The van der Waals surface area contributed by atoms with E-state index >= 15 is 4.39 Å². The molecule has 2 heterocycles. The Bertz CT molecular complexity index is 1240. The number of likely N-dealkylation sites (tertiary alicyclic amines) is 1. The SMILES string of the molecule is CCO[C@@H]1CCCN(C=C2C=C(Cl)C(c3ccc(F)c4sc(N)c(C#N)c34)=C(F)[C]2=[W])C1. The van der Waals surface area contributed by atoms with Gasteiger partial charge in [0.1, 0.15) is 0 Å². The van der Waals surface area contributed by atoms with E-state index in [-0.39, 0.29) is 32.0 Å². The summed E-state index contributed by atoms with van der Waals surface area (Å²) in [6, 6.07) is 4.74. The Hall–Kier alpha value is -1.84. The van der Waals surface area contributed by atoms with Crippen LogP contribution in [0.2, 0.25) is 0 Å². The molecule has 1 saturated heterocycles. The molecule has 1 aromatic heterocycles. The van der Waals surface area contributed by atoms with Gasteiger partial charge in [-0.1, -0.05) is 0 Å². The molecule has 1 atom stereocenters. The number of benzene rings is 1. The van der Waals surface area contributed by atoms with Crippen LogP contribution in [0.3, 0.4) is 0 Å². The van der Waals surface area contributed by atoms with Crippen LogP contribution < -0.4 is 5.73 Å². The van der Waals surface area contributed by atoms with Gasteiger partial charge in [0.2, 0.25) is 0 Å². The van der Waals surface area contributed by atoms with Crippen molar-refractivity contribution in [3.05, 3.63) is 57.8 Å². The quantitative estimate of drug-likeness (QED) is 0.484. The number of thiophene rings is 1. The molecule has 1 aliphatic heterocycles. The Labute approximate surface area is 205 Å². The Morgan fingerprint density at radius 1 is 1.44 bits per heavy atom. The zero-order valence-electron chi connectivity index (χ0n) is 17.3. The van der Waals surface area contributed by atoms with Gasteiger partial charge >= 0.3 is 206 Å². The van der Waals surface area contributed by atoms with Crippen molar-refractivity contribution in [2.75, 3.05) is 25.4 Å². The van der Waals surface area contributed by atoms with Crippen molar-refractivity contribution in [3.63, 3.8) is 0 Å². The summed E-state index contributed by atoms with van der Waals surface area (Å²) >= 11 is 8.51. The summed E-state index contributed by atoms with van der Waals surface area (Å²) in [7, 11) is 0. The Balaban J connectivity index is 1.76. The van der Waals surface area contributed by atoms with Gasteiger partial charge in [-0.15, -0.1) is 0 Å². The minimum atomic E-state index is -0.500. The number of anilines is 1. The van der Waals surface area contributed by atoms with Crippen LogP contribution in [0.4, 0.5) is 13.8 Å². The summed E-state index contributed by atoms with van der Waals surface area (Å²) < 4.78 is 36.6. The van der Waals surface area contributed by atoms with Crippen LogP contribution in [0.25, 0.3) is 15.7 Å². The molecule has 2 N–H and O–H groups in total. The van der Waals surface area contributed by atoms with Gasteiger partial charge < -0.3 is 0 Å². The number of hydrogen-bond acceptors (Lipinski definition) is 5. The number of hydrogen-bond donors (Lipinski definition) is 1. The van der Waals surface area contributed by atoms with Gasteiger partial charge in [0.15, 0.2) is 0 Å². The summed E-state index contributed by atoms with van der Waals surface area (Å²) in [5.74, 6) is -0.960. The minimum absolute atomic E-state index is 0.144. The van der Waals surface area contributed by atoms with Crippen LogP contribution in [0.15, 0.2) is 40.8 Å². The first-order valence-electron chi connectivity index (χ1n) is 10.2. The van der Waals surface area contributed by atoms with Gasteiger partial charge in [0.05, 0.1) is 0 Å². The topological polar surface area (TPSA) is 62.3 Å². The van der Waals surface area contributed by atoms with E-state index in [4.69, 9.17) is 22.1 Å². The number of nitrogens with zero attached hydrogens (tertiary/aromatic N) is 2. The Morgan fingerprint density at radius 2 is 2.22 bits per heavy atom. The summed E-state index contributed by atoms with van der Waals surface area (Å²) in [6.07, 6.45) is 5.87. The van der Waals surface area contributed by atoms with Crippen LogP contribution >= 0.6 is 22.9 Å². The van der Waals surface area contributed by atoms with E-state index in [2.05, 4.69) is 4.90 Å². The molecule has 0 spiro atoms. The number of rotatable bonds is 4. The molecule has 0 unspecified atom stereocenters. The number of piperidine rings is 1. The number of allylic oxidation sites excluding steroid dienone is 5. The molecule has 2 aromatic rings. The molecule has 9 heteroatoms. The van der Waals surface area contributed by atoms with Crippen molar-refractivity contribution >= 4 is 47.5 Å². The van der Waals surface area contributed by atoms with Crippen molar-refractivity contribution in [2.24, 2.45) is 0 Å². The molecule has 4 rings (SSSR count). The fourth-order valence-corrected chi connectivity index (χ4v) is 6.14. The second-order valence-electron chi connectivity index (χ2n) is 7.56. The predicted molar refractivity (Wildman–Crippen MR) is 122 cm³/mol. The molecule has 0 bridgehead atoms. The molecule has 4 nitrogen and oxygen atoms in total. The number of nitrogens with two attached hydrogens (primary N) is 1. The second kappa shape index (κ2) is 9.57. The Morgan fingerprint density at radius 3 is 2.94 bits per heavy atom. The van der Waals surface area contributed by atoms with Crippen molar-refractivity contribution in [2.45, 2.75) is 25.9 Å². The summed E-state index contributed by atoms with van der Waals surface area (Å²) in [4.78, 5) is 2.14. The monoisotopic (exact) mass is 643 g/mol. The maximum atomic E-state index is 15.7. The van der Waals surface area contributed by atoms with Gasteiger partial charge in [-0.05, 0) is 0 Å². The zero-order valence-corrected chi connectivity index (χ0v) is 21.8. The predicted octanol–water partition coefficient (Wildman–Crippen LogP) is 5.42. The van der Waals surface area contributed by atoms with Crippen LogP contribution in [-0.4, -0.2) is 34.6 Å². The fourth-order valence-electron chi connectivity index (χ4n) is 4.12. The van der Waals surface area contributed by atoms with E-state index in [1.54, 1.807) is 6.08 Å². The van der Waals surface area contributed by atoms with Gasteiger partial charge in [-0.2, -0.15) is 0 Å². The van der Waals surface area contributed by atoms with Crippen molar-refractivity contribution in [3.8, 4) is 6.07 Å². The number of fused-ring (bicyclic) bond motifs is 1. The van der Waals surface area contributed by atoms with Crippen molar-refractivity contribution in [1.29, 1.82) is 5.26 Å². The van der Waals surface area contributed by atoms with Crippen LogP contribution in [-0.2, 0) is 24.1 Å². The van der Waals surface area contributed by atoms with E-state index in [0.29, 0.717) is 27.0 Å². The first kappa shape index (κ1) is 23.3. The summed E-state index contributed by atoms with van der Waals surface area (Å²) in [5.41, 5.74) is 7.33. The van der Waals surface area contributed by atoms with E-state index in [0.717, 1.165) is 56.6 Å². The van der Waals surface area contributed by atoms with Crippen LogP contribution in [0.1, 0.15) is 30.9 Å². The van der Waals surface area contributed by atoms with E-state index in [1.807, 2.05) is 19.2 Å². The van der Waals surface area contributed by atoms with Crippen LogP contribution in [0, 0.1) is 17.1 Å². The molecule has 32 heavy (non-hydrogen) atoms. The molecule has 1 aliphatic carbocycles. The summed E-state index contributed by atoms with van der Waals surface area (Å²) in [6.45, 7) is 4.27. The third-order valence-electron chi connectivity index (χ3n) is 5.53. The molecule has 1 aromatic carbocycles.